The highest BCUT2D eigenvalue weighted by Gasteiger charge is 2.60. The summed E-state index contributed by atoms with van der Waals surface area (Å²) in [6.07, 6.45) is -9.18. The lowest BCUT2D eigenvalue weighted by Gasteiger charge is -2.24. The van der Waals surface area contributed by atoms with E-state index in [-0.39, 0.29) is 0 Å². The fourth-order valence-electron chi connectivity index (χ4n) is 1.94. The molecule has 0 saturated carbocycles. The Morgan fingerprint density at radius 3 is 2.20 bits per heavy atom. The molecule has 1 aliphatic heterocycles. The first kappa shape index (κ1) is 16.7. The van der Waals surface area contributed by atoms with Gasteiger partial charge in [-0.1, -0.05) is 0 Å². The Balaban J connectivity index is 2.93. The van der Waals surface area contributed by atoms with Crippen molar-refractivity contribution in [2.75, 3.05) is 13.7 Å². The van der Waals surface area contributed by atoms with E-state index in [0.717, 1.165) is 21.0 Å². The first-order valence-corrected chi connectivity index (χ1v) is 5.72. The molecule has 0 N–H and O–H groups in total. The lowest BCUT2D eigenvalue weighted by atomic mass is 10.00. The molecule has 1 heterocycles. The number of hydrogen-bond donors (Lipinski definition) is 0. The van der Waals surface area contributed by atoms with Crippen molar-refractivity contribution < 1.29 is 41.7 Å². The third-order valence-corrected chi connectivity index (χ3v) is 2.69. The molecule has 1 rings (SSSR count). The van der Waals surface area contributed by atoms with Gasteiger partial charge in [0, 0.05) is 21.0 Å². The minimum atomic E-state index is -4.69. The number of alkyl halides is 3. The molecule has 6 nitrogen and oxygen atoms in total. The summed E-state index contributed by atoms with van der Waals surface area (Å²) in [6.45, 7) is 1.63. The van der Waals surface area contributed by atoms with Crippen molar-refractivity contribution in [2.24, 2.45) is 5.92 Å². The standard InChI is InChI=1S/C11H15F3O6/c1-5(15)18-4-7-9(19-6(2)16)8(11(12,13)14)10(17-3)20-7/h7-10H,4H2,1-3H3/t7-,8-,9-,10+/m0/s1. The Bertz CT molecular complexity index is 370. The van der Waals surface area contributed by atoms with Crippen molar-refractivity contribution in [1.29, 1.82) is 0 Å². The second-order valence-electron chi connectivity index (χ2n) is 4.22. The number of ether oxygens (including phenoxy) is 4. The van der Waals surface area contributed by atoms with Gasteiger partial charge in [-0.2, -0.15) is 13.2 Å². The maximum atomic E-state index is 13.0. The van der Waals surface area contributed by atoms with Gasteiger partial charge in [0.05, 0.1) is 0 Å². The normalized spacial score (nSPS) is 30.1. The summed E-state index contributed by atoms with van der Waals surface area (Å²) in [4.78, 5) is 21.7. The van der Waals surface area contributed by atoms with Crippen LogP contribution in [0.25, 0.3) is 0 Å². The van der Waals surface area contributed by atoms with Crippen molar-refractivity contribution in [3.63, 3.8) is 0 Å². The first-order valence-electron chi connectivity index (χ1n) is 5.72. The predicted octanol–water partition coefficient (Wildman–Crippen LogP) is 1.03. The second kappa shape index (κ2) is 6.40. The van der Waals surface area contributed by atoms with Gasteiger partial charge < -0.3 is 18.9 Å². The third kappa shape index (κ3) is 4.07. The van der Waals surface area contributed by atoms with Crippen LogP contribution >= 0.6 is 0 Å². The quantitative estimate of drug-likeness (QED) is 0.722. The molecule has 116 valence electrons. The average molecular weight is 300 g/mol. The van der Waals surface area contributed by atoms with Crippen LogP contribution in [0.3, 0.4) is 0 Å². The van der Waals surface area contributed by atoms with E-state index < -0.39 is 49.1 Å². The molecule has 1 saturated heterocycles. The highest BCUT2D eigenvalue weighted by molar-refractivity contribution is 5.66. The SMILES string of the molecule is CO[C@@H]1O[C@@H](COC(C)=O)[C@H](OC(C)=O)[C@@H]1C(F)(F)F. The molecule has 4 atom stereocenters. The molecule has 9 heteroatoms. The molecule has 0 aromatic rings. The van der Waals surface area contributed by atoms with Gasteiger partial charge in [0.1, 0.15) is 24.7 Å². The average Bonchev–Trinajstić information content (AvgIpc) is 2.63. The maximum Gasteiger partial charge on any atom is 0.400 e. The summed E-state index contributed by atoms with van der Waals surface area (Å²) in [7, 11) is 1.04. The Morgan fingerprint density at radius 1 is 1.20 bits per heavy atom. The minimum Gasteiger partial charge on any atom is -0.463 e. The topological polar surface area (TPSA) is 71.1 Å². The van der Waals surface area contributed by atoms with E-state index in [1.807, 2.05) is 0 Å². The fourth-order valence-corrected chi connectivity index (χ4v) is 1.94. The molecular weight excluding hydrogens is 285 g/mol. The van der Waals surface area contributed by atoms with Crippen LogP contribution in [0.5, 0.6) is 0 Å². The van der Waals surface area contributed by atoms with E-state index in [0.29, 0.717) is 0 Å². The number of methoxy groups -OCH3 is 1. The van der Waals surface area contributed by atoms with Crippen LogP contribution in [-0.4, -0.2) is 50.3 Å². The summed E-state index contributed by atoms with van der Waals surface area (Å²) in [5.41, 5.74) is 0. The third-order valence-electron chi connectivity index (χ3n) is 2.69. The molecule has 1 aliphatic rings. The van der Waals surface area contributed by atoms with E-state index in [1.165, 1.54) is 0 Å². The Kier molecular flexibility index (Phi) is 5.35. The molecule has 0 amide bonds. The zero-order valence-electron chi connectivity index (χ0n) is 11.1. The molecule has 0 spiro atoms. The number of carbonyl (C=O) groups excluding carboxylic acids is 2. The van der Waals surface area contributed by atoms with Crippen molar-refractivity contribution >= 4 is 11.9 Å². The van der Waals surface area contributed by atoms with Crippen molar-refractivity contribution in [3.05, 3.63) is 0 Å². The lowest BCUT2D eigenvalue weighted by Crippen LogP contribution is -2.43. The number of rotatable bonds is 4. The molecule has 0 aromatic carbocycles. The predicted molar refractivity (Wildman–Crippen MR) is 57.4 cm³/mol. The van der Waals surface area contributed by atoms with E-state index in [9.17, 15) is 22.8 Å². The summed E-state index contributed by atoms with van der Waals surface area (Å²) < 4.78 is 58.0. The monoisotopic (exact) mass is 300 g/mol. The number of carbonyl (C=O) groups is 2. The Labute approximate surface area is 113 Å². The second-order valence-corrected chi connectivity index (χ2v) is 4.22. The van der Waals surface area contributed by atoms with Crippen LogP contribution in [0.2, 0.25) is 0 Å². The fraction of sp³-hybridized carbons (Fsp3) is 0.818. The molecule has 20 heavy (non-hydrogen) atoms. The van der Waals surface area contributed by atoms with E-state index in [2.05, 4.69) is 14.2 Å². The molecule has 1 fully saturated rings. The number of halogens is 3. The first-order chi connectivity index (χ1) is 9.16. The van der Waals surface area contributed by atoms with Crippen LogP contribution in [-0.2, 0) is 28.5 Å². The van der Waals surface area contributed by atoms with E-state index in [4.69, 9.17) is 4.74 Å². The van der Waals surface area contributed by atoms with Gasteiger partial charge in [-0.05, 0) is 0 Å². The van der Waals surface area contributed by atoms with E-state index in [1.54, 1.807) is 0 Å². The zero-order valence-corrected chi connectivity index (χ0v) is 11.1. The van der Waals surface area contributed by atoms with Crippen molar-refractivity contribution in [3.8, 4) is 0 Å². The minimum absolute atomic E-state index is 0.459. The van der Waals surface area contributed by atoms with Crippen LogP contribution in [0.4, 0.5) is 13.2 Å². The van der Waals surface area contributed by atoms with Crippen LogP contribution in [0.15, 0.2) is 0 Å². The van der Waals surface area contributed by atoms with E-state index >= 15 is 0 Å². The van der Waals surface area contributed by atoms with Gasteiger partial charge >= 0.3 is 18.1 Å². The van der Waals surface area contributed by atoms with Crippen LogP contribution in [0, 0.1) is 5.92 Å². The van der Waals surface area contributed by atoms with Crippen LogP contribution < -0.4 is 0 Å². The largest absolute Gasteiger partial charge is 0.463 e. The van der Waals surface area contributed by atoms with Gasteiger partial charge in [0.15, 0.2) is 6.29 Å². The van der Waals surface area contributed by atoms with Crippen LogP contribution in [0.1, 0.15) is 13.8 Å². The molecule has 0 unspecified atom stereocenters. The summed E-state index contributed by atoms with van der Waals surface area (Å²) in [5, 5.41) is 0. The molecular formula is C11H15F3O6. The van der Waals surface area contributed by atoms with Gasteiger partial charge in [0.25, 0.3) is 0 Å². The molecule has 0 aromatic heterocycles. The smallest absolute Gasteiger partial charge is 0.400 e. The molecule has 0 aliphatic carbocycles. The number of esters is 2. The zero-order chi connectivity index (χ0) is 15.5. The Hall–Kier alpha value is -1.35. The van der Waals surface area contributed by atoms with Crippen molar-refractivity contribution in [1.82, 2.24) is 0 Å². The van der Waals surface area contributed by atoms with Gasteiger partial charge in [0.2, 0.25) is 0 Å². The number of hydrogen-bond acceptors (Lipinski definition) is 6. The molecule has 0 bridgehead atoms. The van der Waals surface area contributed by atoms with Crippen molar-refractivity contribution in [2.45, 2.75) is 38.5 Å². The van der Waals surface area contributed by atoms with Gasteiger partial charge in [-0.3, -0.25) is 9.59 Å². The van der Waals surface area contributed by atoms with Gasteiger partial charge in [-0.25, -0.2) is 0 Å². The summed E-state index contributed by atoms with van der Waals surface area (Å²) in [5.74, 6) is -3.71. The summed E-state index contributed by atoms with van der Waals surface area (Å²) in [6, 6.07) is 0. The Morgan fingerprint density at radius 2 is 1.80 bits per heavy atom. The lowest BCUT2D eigenvalue weighted by molar-refractivity contribution is -0.241. The highest BCUT2D eigenvalue weighted by atomic mass is 19.4. The maximum absolute atomic E-state index is 13.0. The molecule has 0 radical (unpaired) electrons. The summed E-state index contributed by atoms with van der Waals surface area (Å²) >= 11 is 0. The highest BCUT2D eigenvalue weighted by Crippen LogP contribution is 2.41. The van der Waals surface area contributed by atoms with Gasteiger partial charge in [-0.15, -0.1) is 0 Å².